The Morgan fingerprint density at radius 2 is 2.24 bits per heavy atom. The van der Waals surface area contributed by atoms with E-state index in [1.54, 1.807) is 0 Å². The molecule has 0 aliphatic heterocycles. The van der Waals surface area contributed by atoms with Gasteiger partial charge in [0.05, 0.1) is 13.2 Å². The van der Waals surface area contributed by atoms with Crippen LogP contribution in [0.2, 0.25) is 0 Å². The molecule has 0 atom stereocenters. The van der Waals surface area contributed by atoms with Crippen LogP contribution in [0.5, 0.6) is 0 Å². The summed E-state index contributed by atoms with van der Waals surface area (Å²) in [6.07, 6.45) is 1.38. The predicted molar refractivity (Wildman–Crippen MR) is 80.2 cm³/mol. The van der Waals surface area contributed by atoms with E-state index in [9.17, 15) is 13.2 Å². The summed E-state index contributed by atoms with van der Waals surface area (Å²) in [7, 11) is -2.44. The zero-order chi connectivity index (χ0) is 15.9. The average Bonchev–Trinajstić information content (AvgIpc) is 2.45. The summed E-state index contributed by atoms with van der Waals surface area (Å²) < 4.78 is 31.2. The zero-order valence-electron chi connectivity index (χ0n) is 11.3. The van der Waals surface area contributed by atoms with E-state index in [1.165, 1.54) is 25.4 Å². The van der Waals surface area contributed by atoms with Crippen LogP contribution in [0.3, 0.4) is 0 Å². The SMILES string of the molecule is COCCNC(=O)CNS(=O)(=O)c1cccnc1C(N)=S. The van der Waals surface area contributed by atoms with Crippen molar-refractivity contribution < 1.29 is 17.9 Å². The molecule has 0 bridgehead atoms. The van der Waals surface area contributed by atoms with E-state index < -0.39 is 22.5 Å². The molecule has 0 unspecified atom stereocenters. The van der Waals surface area contributed by atoms with Crippen LogP contribution in [0.25, 0.3) is 0 Å². The lowest BCUT2D eigenvalue weighted by Gasteiger charge is -2.10. The van der Waals surface area contributed by atoms with Gasteiger partial charge in [0.1, 0.15) is 15.6 Å². The predicted octanol–water partition coefficient (Wildman–Crippen LogP) is -1.24. The maximum atomic E-state index is 12.1. The van der Waals surface area contributed by atoms with E-state index in [4.69, 9.17) is 22.7 Å². The third-order valence-corrected chi connectivity index (χ3v) is 3.97. The van der Waals surface area contributed by atoms with Crippen LogP contribution in [-0.4, -0.2) is 51.1 Å². The highest BCUT2D eigenvalue weighted by atomic mass is 32.2. The first kappa shape index (κ1) is 17.4. The number of nitrogens with two attached hydrogens (primary N) is 1. The van der Waals surface area contributed by atoms with Gasteiger partial charge in [0.25, 0.3) is 0 Å². The molecule has 21 heavy (non-hydrogen) atoms. The average molecular weight is 332 g/mol. The van der Waals surface area contributed by atoms with Gasteiger partial charge in [-0.1, -0.05) is 12.2 Å². The number of nitrogens with zero attached hydrogens (tertiary/aromatic N) is 1. The number of pyridine rings is 1. The smallest absolute Gasteiger partial charge is 0.243 e. The Kier molecular flexibility index (Phi) is 6.62. The topological polar surface area (TPSA) is 123 Å². The van der Waals surface area contributed by atoms with Crippen molar-refractivity contribution in [2.75, 3.05) is 26.8 Å². The summed E-state index contributed by atoms with van der Waals surface area (Å²) in [5.41, 5.74) is 5.42. The number of amides is 1. The number of thiocarbonyl (C=S) groups is 1. The lowest BCUT2D eigenvalue weighted by molar-refractivity contribution is -0.120. The number of nitrogens with one attached hydrogen (secondary N) is 2. The summed E-state index contributed by atoms with van der Waals surface area (Å²) in [6, 6.07) is 2.75. The molecule has 0 radical (unpaired) electrons. The monoisotopic (exact) mass is 332 g/mol. The molecule has 0 aliphatic carbocycles. The quantitative estimate of drug-likeness (QED) is 0.402. The van der Waals surface area contributed by atoms with Crippen molar-refractivity contribution in [3.05, 3.63) is 24.0 Å². The summed E-state index contributed by atoms with van der Waals surface area (Å²) in [5.74, 6) is -0.476. The Labute approximate surface area is 128 Å². The fourth-order valence-electron chi connectivity index (χ4n) is 1.39. The van der Waals surface area contributed by atoms with Gasteiger partial charge >= 0.3 is 0 Å². The molecule has 1 rings (SSSR count). The minimum Gasteiger partial charge on any atom is -0.388 e. The van der Waals surface area contributed by atoms with Crippen molar-refractivity contribution in [2.45, 2.75) is 4.90 Å². The van der Waals surface area contributed by atoms with Crippen LogP contribution < -0.4 is 15.8 Å². The molecule has 0 saturated carbocycles. The van der Waals surface area contributed by atoms with Gasteiger partial charge in [-0.3, -0.25) is 9.78 Å². The van der Waals surface area contributed by atoms with Crippen molar-refractivity contribution in [3.63, 3.8) is 0 Å². The van der Waals surface area contributed by atoms with Crippen LogP contribution in [0.1, 0.15) is 5.69 Å². The van der Waals surface area contributed by atoms with Crippen molar-refractivity contribution in [1.29, 1.82) is 0 Å². The van der Waals surface area contributed by atoms with Gasteiger partial charge in [-0.05, 0) is 12.1 Å². The summed E-state index contributed by atoms with van der Waals surface area (Å²) in [4.78, 5) is 15.0. The first-order valence-corrected chi connectivity index (χ1v) is 7.77. The van der Waals surface area contributed by atoms with Crippen LogP contribution in [0, 0.1) is 0 Å². The number of carbonyl (C=O) groups excluding carboxylic acids is 1. The van der Waals surface area contributed by atoms with Crippen molar-refractivity contribution in [1.82, 2.24) is 15.0 Å². The zero-order valence-corrected chi connectivity index (χ0v) is 13.0. The van der Waals surface area contributed by atoms with Crippen LogP contribution in [0.4, 0.5) is 0 Å². The number of sulfonamides is 1. The van der Waals surface area contributed by atoms with E-state index in [0.29, 0.717) is 13.2 Å². The van der Waals surface area contributed by atoms with E-state index >= 15 is 0 Å². The van der Waals surface area contributed by atoms with Crippen LogP contribution in [-0.2, 0) is 19.6 Å². The number of rotatable bonds is 8. The molecular formula is C11H16N4O4S2. The minimum atomic E-state index is -3.93. The number of hydrogen-bond donors (Lipinski definition) is 3. The fourth-order valence-corrected chi connectivity index (χ4v) is 2.76. The molecule has 4 N–H and O–H groups in total. The Morgan fingerprint density at radius 3 is 2.86 bits per heavy atom. The maximum absolute atomic E-state index is 12.1. The van der Waals surface area contributed by atoms with E-state index in [0.717, 1.165) is 0 Å². The van der Waals surface area contributed by atoms with Crippen molar-refractivity contribution in [2.24, 2.45) is 5.73 Å². The van der Waals surface area contributed by atoms with Gasteiger partial charge in [-0.15, -0.1) is 0 Å². The van der Waals surface area contributed by atoms with Gasteiger partial charge in [0.15, 0.2) is 0 Å². The highest BCUT2D eigenvalue weighted by molar-refractivity contribution is 7.89. The van der Waals surface area contributed by atoms with Gasteiger partial charge in [0.2, 0.25) is 15.9 Å². The standard InChI is InChI=1S/C11H16N4O4S2/c1-19-6-5-13-9(16)7-15-21(17,18)8-3-2-4-14-10(8)11(12)20/h2-4,15H,5-7H2,1H3,(H2,12,20)(H,13,16). The Morgan fingerprint density at radius 1 is 1.52 bits per heavy atom. The molecule has 1 aromatic heterocycles. The number of methoxy groups -OCH3 is 1. The Balaban J connectivity index is 2.75. The molecule has 116 valence electrons. The number of ether oxygens (including phenoxy) is 1. The largest absolute Gasteiger partial charge is 0.388 e. The lowest BCUT2D eigenvalue weighted by Crippen LogP contribution is -2.38. The first-order valence-electron chi connectivity index (χ1n) is 5.88. The van der Waals surface area contributed by atoms with Gasteiger partial charge < -0.3 is 15.8 Å². The summed E-state index contributed by atoms with van der Waals surface area (Å²) >= 11 is 4.75. The van der Waals surface area contributed by atoms with Gasteiger partial charge in [-0.2, -0.15) is 0 Å². The van der Waals surface area contributed by atoms with E-state index in [1.807, 2.05) is 0 Å². The minimum absolute atomic E-state index is 0.0141. The lowest BCUT2D eigenvalue weighted by atomic mass is 10.3. The van der Waals surface area contributed by atoms with Crippen molar-refractivity contribution in [3.8, 4) is 0 Å². The Hall–Kier alpha value is -1.62. The summed E-state index contributed by atoms with van der Waals surface area (Å²) in [5, 5.41) is 2.49. The molecule has 0 fully saturated rings. The molecule has 10 heteroatoms. The molecule has 0 spiro atoms. The van der Waals surface area contributed by atoms with Crippen LogP contribution in [0.15, 0.2) is 23.2 Å². The molecule has 0 aromatic carbocycles. The molecule has 1 aromatic rings. The van der Waals surface area contributed by atoms with E-state index in [2.05, 4.69) is 15.0 Å². The number of hydrogen-bond acceptors (Lipinski definition) is 6. The molecule has 1 heterocycles. The second-order valence-electron chi connectivity index (χ2n) is 3.88. The van der Waals surface area contributed by atoms with Crippen molar-refractivity contribution >= 4 is 33.1 Å². The van der Waals surface area contributed by atoms with Gasteiger partial charge in [-0.25, -0.2) is 13.1 Å². The maximum Gasteiger partial charge on any atom is 0.243 e. The molecule has 1 amide bonds. The van der Waals surface area contributed by atoms with Crippen LogP contribution >= 0.6 is 12.2 Å². The highest BCUT2D eigenvalue weighted by Gasteiger charge is 2.21. The molecule has 0 saturated heterocycles. The number of carbonyl (C=O) groups is 1. The number of aromatic nitrogens is 1. The third kappa shape index (κ3) is 5.34. The third-order valence-electron chi connectivity index (χ3n) is 2.34. The normalized spacial score (nSPS) is 11.1. The fraction of sp³-hybridized carbons (Fsp3) is 0.364. The molecular weight excluding hydrogens is 316 g/mol. The first-order chi connectivity index (χ1) is 9.88. The second-order valence-corrected chi connectivity index (χ2v) is 6.06. The molecule has 8 nitrogen and oxygen atoms in total. The highest BCUT2D eigenvalue weighted by Crippen LogP contribution is 2.12. The summed E-state index contributed by atoms with van der Waals surface area (Å²) in [6.45, 7) is 0.229. The Bertz CT molecular complexity index is 618. The van der Waals surface area contributed by atoms with E-state index in [-0.39, 0.29) is 15.6 Å². The second kappa shape index (κ2) is 7.98. The molecule has 0 aliphatic rings. The van der Waals surface area contributed by atoms with Gasteiger partial charge in [0, 0.05) is 19.9 Å².